The first kappa shape index (κ1) is 15.6. The second kappa shape index (κ2) is 6.79. The van der Waals surface area contributed by atoms with E-state index >= 15 is 0 Å². The molecule has 2 rings (SSSR count). The molecule has 0 atom stereocenters. The maximum absolute atomic E-state index is 11.9. The standard InChI is InChI=1S/C11H10Cl2N6OS/c12-5-2-1-3-6(13)8(5)16-7(20)4-21-11-18-9(14)17-10(15)19-11/h1-3H,4H2,(H,16,20)(H4,14,15,17,18,19). The van der Waals surface area contributed by atoms with E-state index in [1.807, 2.05) is 0 Å². The molecule has 7 nitrogen and oxygen atoms in total. The molecule has 1 aromatic heterocycles. The summed E-state index contributed by atoms with van der Waals surface area (Å²) >= 11 is 13.0. The Morgan fingerprint density at radius 1 is 1.14 bits per heavy atom. The third-order valence-corrected chi connectivity index (χ3v) is 3.69. The van der Waals surface area contributed by atoms with Crippen molar-refractivity contribution < 1.29 is 4.79 Å². The largest absolute Gasteiger partial charge is 0.368 e. The summed E-state index contributed by atoms with van der Waals surface area (Å²) in [5, 5.41) is 3.60. The zero-order valence-corrected chi connectivity index (χ0v) is 12.8. The van der Waals surface area contributed by atoms with Gasteiger partial charge in [-0.3, -0.25) is 4.79 Å². The van der Waals surface area contributed by atoms with Gasteiger partial charge in [0.25, 0.3) is 0 Å². The Balaban J connectivity index is 1.99. The summed E-state index contributed by atoms with van der Waals surface area (Å²) < 4.78 is 0. The van der Waals surface area contributed by atoms with Crippen LogP contribution in [0.5, 0.6) is 0 Å². The van der Waals surface area contributed by atoms with E-state index in [1.54, 1.807) is 18.2 Å². The van der Waals surface area contributed by atoms with Crippen molar-refractivity contribution in [2.24, 2.45) is 0 Å². The van der Waals surface area contributed by atoms with Crippen molar-refractivity contribution in [2.75, 3.05) is 22.5 Å². The summed E-state index contributed by atoms with van der Waals surface area (Å²) in [6, 6.07) is 4.94. The van der Waals surface area contributed by atoms with Crippen molar-refractivity contribution >= 4 is 58.5 Å². The van der Waals surface area contributed by atoms with E-state index in [1.165, 1.54) is 0 Å². The molecule has 0 fully saturated rings. The van der Waals surface area contributed by atoms with E-state index < -0.39 is 0 Å². The first-order chi connectivity index (χ1) is 9.95. The average Bonchev–Trinajstić information content (AvgIpc) is 2.40. The fraction of sp³-hybridized carbons (Fsp3) is 0.0909. The zero-order valence-electron chi connectivity index (χ0n) is 10.5. The van der Waals surface area contributed by atoms with Gasteiger partial charge in [-0.05, 0) is 12.1 Å². The topological polar surface area (TPSA) is 120 Å². The number of rotatable bonds is 4. The Morgan fingerprint density at radius 2 is 1.71 bits per heavy atom. The number of benzene rings is 1. The molecule has 0 radical (unpaired) electrons. The smallest absolute Gasteiger partial charge is 0.234 e. The SMILES string of the molecule is Nc1nc(N)nc(SCC(=O)Nc2c(Cl)cccc2Cl)n1. The Kier molecular flexibility index (Phi) is 5.05. The molecule has 10 heteroatoms. The molecule has 0 spiro atoms. The van der Waals surface area contributed by atoms with Crippen LogP contribution >= 0.6 is 35.0 Å². The van der Waals surface area contributed by atoms with Gasteiger partial charge in [0.2, 0.25) is 17.8 Å². The van der Waals surface area contributed by atoms with Gasteiger partial charge in [0.1, 0.15) is 0 Å². The molecule has 0 saturated heterocycles. The van der Waals surface area contributed by atoms with Crippen LogP contribution in [0.3, 0.4) is 0 Å². The van der Waals surface area contributed by atoms with E-state index in [0.717, 1.165) is 11.8 Å². The van der Waals surface area contributed by atoms with Crippen LogP contribution in [0, 0.1) is 0 Å². The lowest BCUT2D eigenvalue weighted by Crippen LogP contribution is -2.15. The molecule has 0 aliphatic carbocycles. The third kappa shape index (κ3) is 4.35. The first-order valence-electron chi connectivity index (χ1n) is 5.59. The summed E-state index contributed by atoms with van der Waals surface area (Å²) in [6.07, 6.45) is 0. The Morgan fingerprint density at radius 3 is 2.29 bits per heavy atom. The fourth-order valence-corrected chi connectivity index (χ4v) is 2.52. The molecule has 2 aromatic rings. The van der Waals surface area contributed by atoms with Crippen LogP contribution in [0.1, 0.15) is 0 Å². The van der Waals surface area contributed by atoms with E-state index in [0.29, 0.717) is 15.7 Å². The molecule has 1 amide bonds. The molecular formula is C11H10Cl2N6OS. The van der Waals surface area contributed by atoms with Crippen LogP contribution < -0.4 is 16.8 Å². The van der Waals surface area contributed by atoms with Crippen molar-refractivity contribution in [1.29, 1.82) is 0 Å². The molecule has 110 valence electrons. The van der Waals surface area contributed by atoms with Gasteiger partial charge in [0.05, 0.1) is 21.5 Å². The highest BCUT2D eigenvalue weighted by Crippen LogP contribution is 2.30. The maximum Gasteiger partial charge on any atom is 0.234 e. The molecule has 0 aliphatic heterocycles. The highest BCUT2D eigenvalue weighted by atomic mass is 35.5. The number of anilines is 3. The summed E-state index contributed by atoms with van der Waals surface area (Å²) in [4.78, 5) is 23.2. The van der Waals surface area contributed by atoms with Crippen molar-refractivity contribution in [3.05, 3.63) is 28.2 Å². The van der Waals surface area contributed by atoms with Gasteiger partial charge in [-0.25, -0.2) is 0 Å². The van der Waals surface area contributed by atoms with Crippen LogP contribution in [0.15, 0.2) is 23.4 Å². The van der Waals surface area contributed by atoms with Crippen molar-refractivity contribution in [2.45, 2.75) is 5.16 Å². The number of hydrogen-bond acceptors (Lipinski definition) is 7. The van der Waals surface area contributed by atoms with Crippen LogP contribution in [0.25, 0.3) is 0 Å². The number of nitrogen functional groups attached to an aromatic ring is 2. The third-order valence-electron chi connectivity index (χ3n) is 2.21. The molecular weight excluding hydrogens is 335 g/mol. The van der Waals surface area contributed by atoms with Gasteiger partial charge in [0.15, 0.2) is 5.16 Å². The number of halogens is 2. The van der Waals surface area contributed by atoms with Crippen molar-refractivity contribution in [3.8, 4) is 0 Å². The van der Waals surface area contributed by atoms with E-state index in [4.69, 9.17) is 34.7 Å². The number of nitrogens with one attached hydrogen (secondary N) is 1. The Labute approximate surface area is 134 Å². The van der Waals surface area contributed by atoms with Crippen LogP contribution in [-0.4, -0.2) is 26.6 Å². The molecule has 0 unspecified atom stereocenters. The lowest BCUT2D eigenvalue weighted by molar-refractivity contribution is -0.113. The van der Waals surface area contributed by atoms with E-state index in [-0.39, 0.29) is 28.7 Å². The number of nitrogens with zero attached hydrogens (tertiary/aromatic N) is 3. The summed E-state index contributed by atoms with van der Waals surface area (Å²) in [5.41, 5.74) is 11.2. The average molecular weight is 345 g/mol. The predicted molar refractivity (Wildman–Crippen MR) is 84.5 cm³/mol. The lowest BCUT2D eigenvalue weighted by Gasteiger charge is -2.08. The van der Waals surface area contributed by atoms with Crippen LogP contribution in [-0.2, 0) is 4.79 Å². The quantitative estimate of drug-likeness (QED) is 0.726. The molecule has 5 N–H and O–H groups in total. The second-order valence-corrected chi connectivity index (χ2v) is 5.52. The number of aromatic nitrogens is 3. The van der Waals surface area contributed by atoms with Gasteiger partial charge in [-0.1, -0.05) is 41.0 Å². The van der Waals surface area contributed by atoms with Crippen molar-refractivity contribution in [3.63, 3.8) is 0 Å². The molecule has 0 aliphatic rings. The second-order valence-electron chi connectivity index (χ2n) is 3.77. The van der Waals surface area contributed by atoms with Gasteiger partial charge in [-0.2, -0.15) is 15.0 Å². The highest BCUT2D eigenvalue weighted by Gasteiger charge is 2.11. The molecule has 21 heavy (non-hydrogen) atoms. The minimum atomic E-state index is -0.312. The van der Waals surface area contributed by atoms with E-state index in [2.05, 4.69) is 20.3 Å². The summed E-state index contributed by atoms with van der Waals surface area (Å²) in [5.74, 6) is -0.267. The van der Waals surface area contributed by atoms with Gasteiger partial charge in [0, 0.05) is 0 Å². The Hall–Kier alpha value is -1.77. The number of carbonyl (C=O) groups excluding carboxylic acids is 1. The fourth-order valence-electron chi connectivity index (χ4n) is 1.38. The number of nitrogens with two attached hydrogens (primary N) is 2. The van der Waals surface area contributed by atoms with Gasteiger partial charge >= 0.3 is 0 Å². The van der Waals surface area contributed by atoms with E-state index in [9.17, 15) is 4.79 Å². The number of hydrogen-bond donors (Lipinski definition) is 3. The molecule has 0 bridgehead atoms. The zero-order chi connectivity index (χ0) is 15.4. The highest BCUT2D eigenvalue weighted by molar-refractivity contribution is 7.99. The number of para-hydroxylation sites is 1. The number of carbonyl (C=O) groups is 1. The molecule has 1 heterocycles. The van der Waals surface area contributed by atoms with Crippen molar-refractivity contribution in [1.82, 2.24) is 15.0 Å². The first-order valence-corrected chi connectivity index (χ1v) is 7.33. The number of amides is 1. The minimum Gasteiger partial charge on any atom is -0.368 e. The monoisotopic (exact) mass is 344 g/mol. The van der Waals surface area contributed by atoms with Gasteiger partial charge in [-0.15, -0.1) is 0 Å². The van der Waals surface area contributed by atoms with Crippen LogP contribution in [0.2, 0.25) is 10.0 Å². The summed E-state index contributed by atoms with van der Waals surface area (Å²) in [7, 11) is 0. The Bertz CT molecular complexity index is 643. The molecule has 1 aromatic carbocycles. The van der Waals surface area contributed by atoms with Crippen LogP contribution in [0.4, 0.5) is 17.6 Å². The lowest BCUT2D eigenvalue weighted by atomic mass is 10.3. The maximum atomic E-state index is 11.9. The molecule has 0 saturated carbocycles. The normalized spacial score (nSPS) is 10.4. The number of thioether (sulfide) groups is 1. The predicted octanol–water partition coefficient (Wildman–Crippen LogP) is 2.07. The minimum absolute atomic E-state index is 0.000411. The summed E-state index contributed by atoms with van der Waals surface area (Å²) in [6.45, 7) is 0. The van der Waals surface area contributed by atoms with Gasteiger partial charge < -0.3 is 16.8 Å².